The van der Waals surface area contributed by atoms with E-state index in [0.29, 0.717) is 29.0 Å². The molecule has 1 aliphatic rings. The number of hydrogen-bond acceptors (Lipinski definition) is 4. The minimum absolute atomic E-state index is 0.0507. The summed E-state index contributed by atoms with van der Waals surface area (Å²) in [5, 5.41) is 1.15. The first-order valence-electron chi connectivity index (χ1n) is 8.95. The van der Waals surface area contributed by atoms with Gasteiger partial charge in [0.05, 0.1) is 22.7 Å². The van der Waals surface area contributed by atoms with Crippen molar-refractivity contribution < 1.29 is 4.79 Å². The fourth-order valence-corrected chi connectivity index (χ4v) is 4.56. The van der Waals surface area contributed by atoms with Crippen LogP contribution in [0.3, 0.4) is 0 Å². The molecule has 0 N–H and O–H groups in total. The average molecular weight is 364 g/mol. The maximum atomic E-state index is 13.1. The summed E-state index contributed by atoms with van der Waals surface area (Å²) >= 11 is 1.45. The second-order valence-corrected chi connectivity index (χ2v) is 7.78. The molecule has 5 heteroatoms. The molecule has 0 amide bonds. The smallest absolute Gasteiger partial charge is 0.262 e. The van der Waals surface area contributed by atoms with E-state index < -0.39 is 0 Å². The van der Waals surface area contributed by atoms with Gasteiger partial charge in [0.2, 0.25) is 0 Å². The number of Topliss-reactive ketones (excluding diaryl/α,β-unsaturated/α-hetero) is 1. The molecular formula is C21H20N2O2S. The highest BCUT2D eigenvalue weighted by Crippen LogP contribution is 2.31. The normalized spacial score (nSPS) is 17.5. The molecule has 4 nitrogen and oxygen atoms in total. The minimum atomic E-state index is -0.0983. The van der Waals surface area contributed by atoms with Gasteiger partial charge < -0.3 is 0 Å². The molecule has 3 aromatic rings. The van der Waals surface area contributed by atoms with Crippen LogP contribution in [0.25, 0.3) is 10.9 Å². The predicted octanol–water partition coefficient (Wildman–Crippen LogP) is 4.05. The highest BCUT2D eigenvalue weighted by Gasteiger charge is 2.25. The molecule has 0 spiro atoms. The zero-order valence-electron chi connectivity index (χ0n) is 14.4. The van der Waals surface area contributed by atoms with Crippen molar-refractivity contribution in [3.8, 4) is 0 Å². The van der Waals surface area contributed by atoms with E-state index in [0.717, 1.165) is 24.8 Å². The van der Waals surface area contributed by atoms with Crippen molar-refractivity contribution in [2.45, 2.75) is 42.6 Å². The van der Waals surface area contributed by atoms with Crippen molar-refractivity contribution in [3.05, 3.63) is 70.5 Å². The Labute approximate surface area is 156 Å². The number of ketones is 1. The van der Waals surface area contributed by atoms with Crippen LogP contribution in [0.4, 0.5) is 0 Å². The second kappa shape index (κ2) is 7.46. The number of carbonyl (C=O) groups excluding carboxylic acids is 1. The number of rotatable bonds is 4. The standard InChI is InChI=1S/C21H20N2O2S/c24-18-12-6-7-13-19(18)26-21-22-17-11-5-4-10-16(17)20(25)23(21)14-15-8-2-1-3-9-15/h1-5,8-11,19H,6-7,12-14H2/t19-/m1/s1. The van der Waals surface area contributed by atoms with E-state index in [1.165, 1.54) is 11.8 Å². The summed E-state index contributed by atoms with van der Waals surface area (Å²) in [6.07, 6.45) is 3.52. The Morgan fingerprint density at radius 1 is 1.00 bits per heavy atom. The Balaban J connectivity index is 1.79. The maximum Gasteiger partial charge on any atom is 0.262 e. The van der Waals surface area contributed by atoms with E-state index in [4.69, 9.17) is 4.98 Å². The molecule has 0 saturated heterocycles. The molecule has 0 aliphatic heterocycles. The first-order chi connectivity index (χ1) is 12.7. The van der Waals surface area contributed by atoms with Crippen LogP contribution in [0.5, 0.6) is 0 Å². The first-order valence-corrected chi connectivity index (χ1v) is 9.83. The van der Waals surface area contributed by atoms with Crippen molar-refractivity contribution in [2.24, 2.45) is 0 Å². The quantitative estimate of drug-likeness (QED) is 0.656. The molecule has 1 aromatic heterocycles. The van der Waals surface area contributed by atoms with E-state index in [1.54, 1.807) is 4.57 Å². The number of fused-ring (bicyclic) bond motifs is 1. The summed E-state index contributed by atoms with van der Waals surface area (Å²) < 4.78 is 1.71. The molecule has 2 aromatic carbocycles. The van der Waals surface area contributed by atoms with Gasteiger partial charge in [0.25, 0.3) is 5.56 Å². The lowest BCUT2D eigenvalue weighted by Gasteiger charge is -2.21. The first kappa shape index (κ1) is 17.0. The topological polar surface area (TPSA) is 52.0 Å². The number of nitrogens with zero attached hydrogens (tertiary/aromatic N) is 2. The molecule has 26 heavy (non-hydrogen) atoms. The SMILES string of the molecule is O=C1CCCC[C@H]1Sc1nc2ccccc2c(=O)n1Cc1ccccc1. The van der Waals surface area contributed by atoms with Crippen LogP contribution >= 0.6 is 11.8 Å². The third kappa shape index (κ3) is 3.44. The lowest BCUT2D eigenvalue weighted by Crippen LogP contribution is -2.27. The van der Waals surface area contributed by atoms with E-state index in [2.05, 4.69) is 0 Å². The Morgan fingerprint density at radius 2 is 1.77 bits per heavy atom. The van der Waals surface area contributed by atoms with Gasteiger partial charge >= 0.3 is 0 Å². The molecule has 0 unspecified atom stereocenters. The highest BCUT2D eigenvalue weighted by molar-refractivity contribution is 8.00. The number of carbonyl (C=O) groups is 1. The maximum absolute atomic E-state index is 13.1. The van der Waals surface area contributed by atoms with Crippen LogP contribution in [0.15, 0.2) is 64.5 Å². The van der Waals surface area contributed by atoms with Crippen molar-refractivity contribution in [1.82, 2.24) is 9.55 Å². The zero-order chi connectivity index (χ0) is 17.9. The van der Waals surface area contributed by atoms with Crippen LogP contribution in [0.1, 0.15) is 31.2 Å². The highest BCUT2D eigenvalue weighted by atomic mass is 32.2. The summed E-state index contributed by atoms with van der Waals surface area (Å²) in [6.45, 7) is 0.459. The monoisotopic (exact) mass is 364 g/mol. The van der Waals surface area contributed by atoms with Crippen LogP contribution < -0.4 is 5.56 Å². The van der Waals surface area contributed by atoms with E-state index in [9.17, 15) is 9.59 Å². The van der Waals surface area contributed by atoms with Crippen molar-refractivity contribution in [1.29, 1.82) is 0 Å². The number of para-hydroxylation sites is 1. The summed E-state index contributed by atoms with van der Waals surface area (Å²) in [4.78, 5) is 30.1. The van der Waals surface area contributed by atoms with E-state index >= 15 is 0 Å². The molecule has 1 heterocycles. The fraction of sp³-hybridized carbons (Fsp3) is 0.286. The van der Waals surface area contributed by atoms with E-state index in [-0.39, 0.29) is 16.6 Å². The number of hydrogen-bond donors (Lipinski definition) is 0. The number of thioether (sulfide) groups is 1. The Bertz CT molecular complexity index is 998. The molecule has 1 saturated carbocycles. The van der Waals surface area contributed by atoms with Gasteiger partial charge in [-0.2, -0.15) is 0 Å². The summed E-state index contributed by atoms with van der Waals surface area (Å²) in [5.74, 6) is 0.273. The number of benzene rings is 2. The molecule has 132 valence electrons. The zero-order valence-corrected chi connectivity index (χ0v) is 15.2. The van der Waals surface area contributed by atoms with Gasteiger partial charge in [0, 0.05) is 6.42 Å². The molecule has 1 aliphatic carbocycles. The van der Waals surface area contributed by atoms with Crippen molar-refractivity contribution in [3.63, 3.8) is 0 Å². The van der Waals surface area contributed by atoms with Gasteiger partial charge in [-0.1, -0.05) is 60.6 Å². The second-order valence-electron chi connectivity index (χ2n) is 6.61. The van der Waals surface area contributed by atoms with Crippen LogP contribution in [-0.2, 0) is 11.3 Å². The Morgan fingerprint density at radius 3 is 2.58 bits per heavy atom. The fourth-order valence-electron chi connectivity index (χ4n) is 3.35. The molecule has 1 atom stereocenters. The van der Waals surface area contributed by atoms with E-state index in [1.807, 2.05) is 54.6 Å². The molecule has 0 radical (unpaired) electrons. The third-order valence-corrected chi connectivity index (χ3v) is 6.06. The summed E-state index contributed by atoms with van der Waals surface area (Å²) in [7, 11) is 0. The molecule has 0 bridgehead atoms. The average Bonchev–Trinajstić information content (AvgIpc) is 2.67. The van der Waals surface area contributed by atoms with Gasteiger partial charge in [-0.15, -0.1) is 0 Å². The van der Waals surface area contributed by atoms with Crippen molar-refractivity contribution >= 4 is 28.4 Å². The van der Waals surface area contributed by atoms with Gasteiger partial charge in [-0.05, 0) is 30.5 Å². The van der Waals surface area contributed by atoms with Gasteiger partial charge in [-0.3, -0.25) is 14.2 Å². The molecule has 4 rings (SSSR count). The van der Waals surface area contributed by atoms with Gasteiger partial charge in [-0.25, -0.2) is 4.98 Å². The molecule has 1 fully saturated rings. The lowest BCUT2D eigenvalue weighted by molar-refractivity contribution is -0.119. The van der Waals surface area contributed by atoms with Crippen molar-refractivity contribution in [2.75, 3.05) is 0 Å². The largest absolute Gasteiger partial charge is 0.298 e. The number of aromatic nitrogens is 2. The Hall–Kier alpha value is -2.40. The van der Waals surface area contributed by atoms with Gasteiger partial charge in [0.15, 0.2) is 5.16 Å². The van der Waals surface area contributed by atoms with Gasteiger partial charge in [0.1, 0.15) is 5.78 Å². The summed E-state index contributed by atoms with van der Waals surface area (Å²) in [6, 6.07) is 17.3. The Kier molecular flexibility index (Phi) is 4.89. The van der Waals surface area contributed by atoms with Crippen LogP contribution in [0, 0.1) is 0 Å². The minimum Gasteiger partial charge on any atom is -0.298 e. The van der Waals surface area contributed by atoms with Crippen LogP contribution in [0.2, 0.25) is 0 Å². The predicted molar refractivity (Wildman–Crippen MR) is 105 cm³/mol. The summed E-state index contributed by atoms with van der Waals surface area (Å²) in [5.41, 5.74) is 1.68. The van der Waals surface area contributed by atoms with Crippen LogP contribution in [-0.4, -0.2) is 20.6 Å². The molecular weight excluding hydrogens is 344 g/mol. The third-order valence-electron chi connectivity index (χ3n) is 4.76. The lowest BCUT2D eigenvalue weighted by atomic mass is 9.99.